The number of sulfone groups is 1. The van der Waals surface area contributed by atoms with Crippen LogP contribution in [0.1, 0.15) is 0 Å². The normalized spacial score (nSPS) is 12.6. The molecule has 0 amide bonds. The highest BCUT2D eigenvalue weighted by atomic mass is 32.2. The lowest BCUT2D eigenvalue weighted by Gasteiger charge is -2.01. The quantitative estimate of drug-likeness (QED) is 0.653. The summed E-state index contributed by atoms with van der Waals surface area (Å²) in [7, 11) is -7.49. The summed E-state index contributed by atoms with van der Waals surface area (Å²) in [5.74, 6) is -1.21. The maximum Gasteiger partial charge on any atom is 0.210 e. The van der Waals surface area contributed by atoms with E-state index < -0.39 is 31.4 Å². The van der Waals surface area contributed by atoms with Gasteiger partial charge in [-0.15, -0.1) is 0 Å². The Balaban J connectivity index is 2.87. The molecule has 15 heavy (non-hydrogen) atoms. The van der Waals surface area contributed by atoms with E-state index in [4.69, 9.17) is 5.14 Å². The van der Waals surface area contributed by atoms with Gasteiger partial charge in [0.25, 0.3) is 0 Å². The predicted octanol–water partition coefficient (Wildman–Crippen LogP) is -1.46. The van der Waals surface area contributed by atoms with Gasteiger partial charge in [0.15, 0.2) is 14.9 Å². The minimum absolute atomic E-state index is 0.207. The lowest BCUT2D eigenvalue weighted by molar-refractivity contribution is 0.586. The predicted molar refractivity (Wildman–Crippen MR) is 52.1 cm³/mol. The van der Waals surface area contributed by atoms with E-state index in [1.165, 1.54) is 12.3 Å². The molecule has 0 fully saturated rings. The highest BCUT2D eigenvalue weighted by Gasteiger charge is 2.18. The van der Waals surface area contributed by atoms with E-state index in [2.05, 4.69) is 9.97 Å². The molecule has 0 unspecified atom stereocenters. The fraction of sp³-hybridized carbons (Fsp3) is 0.333. The fourth-order valence-electron chi connectivity index (χ4n) is 0.793. The number of nitrogens with zero attached hydrogens (tertiary/aromatic N) is 2. The summed E-state index contributed by atoms with van der Waals surface area (Å²) in [6, 6.07) is 1.19. The van der Waals surface area contributed by atoms with Gasteiger partial charge in [-0.2, -0.15) is 0 Å². The Kier molecular flexibility index (Phi) is 3.37. The van der Waals surface area contributed by atoms with E-state index >= 15 is 0 Å². The van der Waals surface area contributed by atoms with E-state index in [0.29, 0.717) is 0 Å². The van der Waals surface area contributed by atoms with Crippen molar-refractivity contribution < 1.29 is 16.8 Å². The summed E-state index contributed by atoms with van der Waals surface area (Å²) in [5.41, 5.74) is 0. The summed E-state index contributed by atoms with van der Waals surface area (Å²) in [6.07, 6.45) is 2.33. The Labute approximate surface area is 87.3 Å². The zero-order valence-electron chi connectivity index (χ0n) is 7.57. The molecular formula is C6H9N3O4S2. The van der Waals surface area contributed by atoms with Crippen LogP contribution >= 0.6 is 0 Å². The van der Waals surface area contributed by atoms with Crippen LogP contribution in [0.15, 0.2) is 23.6 Å². The number of aromatic nitrogens is 2. The molecule has 0 saturated heterocycles. The van der Waals surface area contributed by atoms with Crippen LogP contribution in [0.5, 0.6) is 0 Å². The van der Waals surface area contributed by atoms with Gasteiger partial charge >= 0.3 is 0 Å². The Bertz CT molecular complexity index is 523. The second-order valence-corrected chi connectivity index (χ2v) is 6.52. The summed E-state index contributed by atoms with van der Waals surface area (Å²) in [6.45, 7) is 0. The lowest BCUT2D eigenvalue weighted by atomic mass is 10.7. The van der Waals surface area contributed by atoms with E-state index in [1.54, 1.807) is 0 Å². The third-order valence-corrected chi connectivity index (χ3v) is 4.16. The van der Waals surface area contributed by atoms with Gasteiger partial charge in [0, 0.05) is 6.20 Å². The van der Waals surface area contributed by atoms with Crippen molar-refractivity contribution in [1.82, 2.24) is 9.97 Å². The number of rotatable bonds is 4. The monoisotopic (exact) mass is 251 g/mol. The van der Waals surface area contributed by atoms with Crippen LogP contribution in [0.2, 0.25) is 0 Å². The molecular weight excluding hydrogens is 242 g/mol. The number of sulfonamides is 1. The summed E-state index contributed by atoms with van der Waals surface area (Å²) < 4.78 is 44.1. The molecule has 1 aromatic heterocycles. The standard InChI is InChI=1S/C6H9N3O4S2/c7-15(12,13)4-3-14(10,11)6-1-2-8-5-9-6/h1-2,5H,3-4H2,(H2,7,12,13). The fourth-order valence-corrected chi connectivity index (χ4v) is 3.28. The summed E-state index contributed by atoms with van der Waals surface area (Å²) >= 11 is 0. The van der Waals surface area contributed by atoms with Crippen LogP contribution in [-0.2, 0) is 19.9 Å². The van der Waals surface area contributed by atoms with E-state index in [1.807, 2.05) is 0 Å². The van der Waals surface area contributed by atoms with E-state index in [0.717, 1.165) is 6.33 Å². The molecule has 9 heteroatoms. The Morgan fingerprint density at radius 2 is 1.87 bits per heavy atom. The van der Waals surface area contributed by atoms with Gasteiger partial charge in [-0.3, -0.25) is 0 Å². The molecule has 0 aliphatic heterocycles. The van der Waals surface area contributed by atoms with Crippen molar-refractivity contribution in [3.63, 3.8) is 0 Å². The molecule has 0 spiro atoms. The largest absolute Gasteiger partial charge is 0.245 e. The van der Waals surface area contributed by atoms with Crippen LogP contribution in [-0.4, -0.2) is 38.3 Å². The van der Waals surface area contributed by atoms with Crippen molar-refractivity contribution in [2.45, 2.75) is 5.03 Å². The zero-order valence-corrected chi connectivity index (χ0v) is 9.20. The first kappa shape index (κ1) is 12.0. The first-order valence-corrected chi connectivity index (χ1v) is 7.17. The van der Waals surface area contributed by atoms with Crippen LogP contribution in [0.25, 0.3) is 0 Å². The smallest absolute Gasteiger partial charge is 0.210 e. The van der Waals surface area contributed by atoms with Crippen molar-refractivity contribution in [2.75, 3.05) is 11.5 Å². The average molecular weight is 251 g/mol. The molecule has 7 nitrogen and oxygen atoms in total. The zero-order chi connectivity index (χ0) is 11.5. The van der Waals surface area contributed by atoms with Crippen molar-refractivity contribution in [2.24, 2.45) is 5.14 Å². The van der Waals surface area contributed by atoms with Crippen LogP contribution in [0.4, 0.5) is 0 Å². The average Bonchev–Trinajstić information content (AvgIpc) is 2.16. The van der Waals surface area contributed by atoms with Crippen LogP contribution < -0.4 is 5.14 Å². The minimum Gasteiger partial charge on any atom is -0.245 e. The van der Waals surface area contributed by atoms with Crippen molar-refractivity contribution in [3.8, 4) is 0 Å². The molecule has 84 valence electrons. The lowest BCUT2D eigenvalue weighted by Crippen LogP contribution is -2.23. The molecule has 0 aliphatic rings. The van der Waals surface area contributed by atoms with Crippen molar-refractivity contribution >= 4 is 19.9 Å². The maximum atomic E-state index is 11.5. The third kappa shape index (κ3) is 3.90. The molecule has 0 radical (unpaired) electrons. The topological polar surface area (TPSA) is 120 Å². The van der Waals surface area contributed by atoms with Crippen LogP contribution in [0, 0.1) is 0 Å². The van der Waals surface area contributed by atoms with Gasteiger partial charge in [-0.05, 0) is 6.07 Å². The maximum absolute atomic E-state index is 11.5. The van der Waals surface area contributed by atoms with Gasteiger partial charge in [0.2, 0.25) is 10.0 Å². The molecule has 0 atom stereocenters. The van der Waals surface area contributed by atoms with Gasteiger partial charge in [0.1, 0.15) is 6.33 Å². The Hall–Kier alpha value is -1.06. The highest BCUT2D eigenvalue weighted by Crippen LogP contribution is 2.05. The summed E-state index contributed by atoms with van der Waals surface area (Å²) in [5, 5.41) is 4.49. The van der Waals surface area contributed by atoms with Crippen molar-refractivity contribution in [1.29, 1.82) is 0 Å². The molecule has 0 aliphatic carbocycles. The minimum atomic E-state index is -3.79. The molecule has 2 N–H and O–H groups in total. The first-order valence-electron chi connectivity index (χ1n) is 3.80. The van der Waals surface area contributed by atoms with Gasteiger partial charge in [-0.1, -0.05) is 0 Å². The van der Waals surface area contributed by atoms with E-state index in [-0.39, 0.29) is 5.03 Å². The highest BCUT2D eigenvalue weighted by molar-refractivity contribution is 7.94. The second kappa shape index (κ2) is 4.21. The number of primary sulfonamides is 1. The van der Waals surface area contributed by atoms with E-state index in [9.17, 15) is 16.8 Å². The van der Waals surface area contributed by atoms with Gasteiger partial charge < -0.3 is 0 Å². The number of hydrogen-bond acceptors (Lipinski definition) is 6. The Morgan fingerprint density at radius 1 is 1.20 bits per heavy atom. The summed E-state index contributed by atoms with van der Waals surface area (Å²) in [4.78, 5) is 7.07. The second-order valence-electron chi connectivity index (χ2n) is 2.73. The number of hydrogen-bond donors (Lipinski definition) is 1. The third-order valence-electron chi connectivity index (χ3n) is 1.51. The molecule has 1 heterocycles. The van der Waals surface area contributed by atoms with Gasteiger partial charge in [0.05, 0.1) is 11.5 Å². The first-order chi connectivity index (χ1) is 6.81. The molecule has 0 bridgehead atoms. The van der Waals surface area contributed by atoms with Crippen molar-refractivity contribution in [3.05, 3.63) is 18.6 Å². The molecule has 0 aromatic carbocycles. The molecule has 1 rings (SSSR count). The Morgan fingerprint density at radius 3 is 2.33 bits per heavy atom. The van der Waals surface area contributed by atoms with Crippen LogP contribution in [0.3, 0.4) is 0 Å². The number of nitrogens with two attached hydrogens (primary N) is 1. The molecule has 1 aromatic rings. The van der Waals surface area contributed by atoms with Gasteiger partial charge in [-0.25, -0.2) is 31.9 Å². The molecule has 0 saturated carbocycles. The SMILES string of the molecule is NS(=O)(=O)CCS(=O)(=O)c1ccncn1.